The number of nitrogens with zero attached hydrogens (tertiary/aromatic N) is 1. The van der Waals surface area contributed by atoms with E-state index in [1.807, 2.05) is 0 Å². The molecule has 1 amide bonds. The van der Waals surface area contributed by atoms with E-state index >= 15 is 0 Å². The van der Waals surface area contributed by atoms with Gasteiger partial charge in [0.1, 0.15) is 0 Å². The highest BCUT2D eigenvalue weighted by molar-refractivity contribution is 5.94. The van der Waals surface area contributed by atoms with Crippen molar-refractivity contribution in [3.63, 3.8) is 0 Å². The second-order valence-corrected chi connectivity index (χ2v) is 5.30. The Bertz CT molecular complexity index is 827. The molecule has 2 aromatic rings. The van der Waals surface area contributed by atoms with Gasteiger partial charge < -0.3 is 14.8 Å². The predicted octanol–water partition coefficient (Wildman–Crippen LogP) is 3.44. The molecule has 0 unspecified atom stereocenters. The quantitative estimate of drug-likeness (QED) is 0.599. The topological polar surface area (TPSA) is 90.7 Å². The molecule has 0 aliphatic rings. The van der Waals surface area contributed by atoms with Crippen LogP contribution >= 0.6 is 0 Å². The largest absolute Gasteiger partial charge is 0.493 e. The summed E-state index contributed by atoms with van der Waals surface area (Å²) in [7, 11) is 1.32. The maximum atomic E-state index is 12.3. The van der Waals surface area contributed by atoms with Crippen LogP contribution in [-0.4, -0.2) is 24.6 Å². The van der Waals surface area contributed by atoms with Crippen molar-refractivity contribution in [1.82, 2.24) is 5.32 Å². The van der Waals surface area contributed by atoms with E-state index in [0.717, 1.165) is 0 Å². The van der Waals surface area contributed by atoms with E-state index in [2.05, 4.69) is 10.1 Å². The Morgan fingerprint density at radius 2 is 1.96 bits per heavy atom. The molecule has 7 nitrogen and oxygen atoms in total. The van der Waals surface area contributed by atoms with Gasteiger partial charge >= 0.3 is 6.61 Å². The fourth-order valence-corrected chi connectivity index (χ4v) is 2.30. The summed E-state index contributed by atoms with van der Waals surface area (Å²) in [6.45, 7) is -1.32. The molecule has 138 valence electrons. The Labute approximate surface area is 147 Å². The molecule has 0 radical (unpaired) electrons. The highest BCUT2D eigenvalue weighted by Gasteiger charge is 2.14. The minimum absolute atomic E-state index is 0.0686. The van der Waals surface area contributed by atoms with Crippen molar-refractivity contribution >= 4 is 11.6 Å². The van der Waals surface area contributed by atoms with Gasteiger partial charge in [0.25, 0.3) is 11.6 Å². The van der Waals surface area contributed by atoms with Crippen molar-refractivity contribution in [2.24, 2.45) is 0 Å². The zero-order chi connectivity index (χ0) is 19.3. The third kappa shape index (κ3) is 4.65. The molecule has 0 bridgehead atoms. The molecule has 26 heavy (non-hydrogen) atoms. The van der Waals surface area contributed by atoms with Gasteiger partial charge in [0.05, 0.1) is 12.0 Å². The van der Waals surface area contributed by atoms with Gasteiger partial charge in [0.2, 0.25) is 0 Å². The molecule has 0 spiro atoms. The van der Waals surface area contributed by atoms with Crippen LogP contribution in [0, 0.1) is 17.0 Å². The number of hydrogen-bond donors (Lipinski definition) is 1. The van der Waals surface area contributed by atoms with Crippen LogP contribution in [0.25, 0.3) is 0 Å². The van der Waals surface area contributed by atoms with Crippen LogP contribution in [0.2, 0.25) is 0 Å². The van der Waals surface area contributed by atoms with Gasteiger partial charge in [-0.25, -0.2) is 0 Å². The average molecular weight is 366 g/mol. The number of benzene rings is 2. The number of nitro groups is 1. The molecule has 9 heteroatoms. The van der Waals surface area contributed by atoms with E-state index < -0.39 is 17.4 Å². The van der Waals surface area contributed by atoms with E-state index in [9.17, 15) is 23.7 Å². The van der Waals surface area contributed by atoms with Gasteiger partial charge in [-0.05, 0) is 36.8 Å². The summed E-state index contributed by atoms with van der Waals surface area (Å²) in [4.78, 5) is 22.5. The molecular weight excluding hydrogens is 350 g/mol. The van der Waals surface area contributed by atoms with Gasteiger partial charge in [0.15, 0.2) is 11.5 Å². The Morgan fingerprint density at radius 1 is 1.23 bits per heavy atom. The number of alkyl halides is 2. The molecule has 2 rings (SSSR count). The number of aryl methyl sites for hydroxylation is 1. The number of nitrogens with one attached hydrogen (secondary N) is 1. The van der Waals surface area contributed by atoms with E-state index in [0.29, 0.717) is 11.1 Å². The SMILES string of the molecule is COc1cc(CNC(=O)c2ccc([N+](=O)[O-])c(C)c2)ccc1OC(F)F. The first kappa shape index (κ1) is 19.1. The van der Waals surface area contributed by atoms with Crippen molar-refractivity contribution in [3.05, 3.63) is 63.2 Å². The first-order chi connectivity index (χ1) is 12.3. The summed E-state index contributed by atoms with van der Waals surface area (Å²) in [5.41, 5.74) is 1.19. The van der Waals surface area contributed by atoms with E-state index in [1.54, 1.807) is 6.92 Å². The maximum Gasteiger partial charge on any atom is 0.387 e. The van der Waals surface area contributed by atoms with Crippen LogP contribution < -0.4 is 14.8 Å². The third-order valence-corrected chi connectivity index (χ3v) is 3.55. The van der Waals surface area contributed by atoms with Crippen molar-refractivity contribution < 1.29 is 28.0 Å². The number of ether oxygens (including phenoxy) is 2. The first-order valence-electron chi connectivity index (χ1n) is 7.46. The van der Waals surface area contributed by atoms with Crippen LogP contribution in [0.15, 0.2) is 36.4 Å². The van der Waals surface area contributed by atoms with Crippen molar-refractivity contribution in [2.75, 3.05) is 7.11 Å². The lowest BCUT2D eigenvalue weighted by molar-refractivity contribution is -0.385. The molecule has 0 saturated carbocycles. The fraction of sp³-hybridized carbons (Fsp3) is 0.235. The van der Waals surface area contributed by atoms with Crippen LogP contribution in [0.5, 0.6) is 11.5 Å². The van der Waals surface area contributed by atoms with Crippen molar-refractivity contribution in [1.29, 1.82) is 0 Å². The summed E-state index contributed by atoms with van der Waals surface area (Å²) < 4.78 is 33.9. The first-order valence-corrected chi connectivity index (χ1v) is 7.46. The maximum absolute atomic E-state index is 12.3. The van der Waals surface area contributed by atoms with Crippen LogP contribution in [0.3, 0.4) is 0 Å². The number of halogens is 2. The predicted molar refractivity (Wildman–Crippen MR) is 88.6 cm³/mol. The molecule has 1 N–H and O–H groups in total. The van der Waals surface area contributed by atoms with Gasteiger partial charge in [0, 0.05) is 23.7 Å². The van der Waals surface area contributed by atoms with Gasteiger partial charge in [-0.3, -0.25) is 14.9 Å². The minimum Gasteiger partial charge on any atom is -0.493 e. The van der Waals surface area contributed by atoms with Crippen molar-refractivity contribution in [2.45, 2.75) is 20.1 Å². The number of methoxy groups -OCH3 is 1. The molecule has 0 heterocycles. The molecular formula is C17H16F2N2O5. The van der Waals surface area contributed by atoms with E-state index in [4.69, 9.17) is 4.74 Å². The van der Waals surface area contributed by atoms with Crippen LogP contribution in [-0.2, 0) is 6.54 Å². The van der Waals surface area contributed by atoms with Gasteiger partial charge in [-0.15, -0.1) is 0 Å². The zero-order valence-corrected chi connectivity index (χ0v) is 14.0. The molecule has 0 aliphatic carbocycles. The van der Waals surface area contributed by atoms with Gasteiger partial charge in [-0.1, -0.05) is 6.07 Å². The second kappa shape index (κ2) is 8.24. The highest BCUT2D eigenvalue weighted by atomic mass is 19.3. The van der Waals surface area contributed by atoms with Crippen LogP contribution in [0.4, 0.5) is 14.5 Å². The smallest absolute Gasteiger partial charge is 0.387 e. The average Bonchev–Trinajstić information content (AvgIpc) is 2.59. The number of nitro benzene ring substituents is 1. The fourth-order valence-electron chi connectivity index (χ4n) is 2.30. The Morgan fingerprint density at radius 3 is 2.54 bits per heavy atom. The summed E-state index contributed by atoms with van der Waals surface area (Å²) in [6.07, 6.45) is 0. The molecule has 2 aromatic carbocycles. The molecule has 0 saturated heterocycles. The lowest BCUT2D eigenvalue weighted by Gasteiger charge is -2.12. The molecule has 0 aliphatic heterocycles. The minimum atomic E-state index is -2.97. The standard InChI is InChI=1S/C17H16F2N2O5/c1-10-7-12(4-5-13(10)21(23)24)16(22)20-9-11-3-6-14(26-17(18)19)15(8-11)25-2/h3-8,17H,9H2,1-2H3,(H,20,22). The van der Waals surface area contributed by atoms with Crippen LogP contribution in [0.1, 0.15) is 21.5 Å². The van der Waals surface area contributed by atoms with Gasteiger partial charge in [-0.2, -0.15) is 8.78 Å². The lowest BCUT2D eigenvalue weighted by atomic mass is 10.1. The molecule has 0 atom stereocenters. The summed E-state index contributed by atoms with van der Waals surface area (Å²) in [5, 5.41) is 13.5. The zero-order valence-electron chi connectivity index (χ0n) is 14.0. The number of amides is 1. The number of rotatable bonds is 7. The lowest BCUT2D eigenvalue weighted by Crippen LogP contribution is -2.23. The monoisotopic (exact) mass is 366 g/mol. The normalized spacial score (nSPS) is 10.5. The van der Waals surface area contributed by atoms with Crippen molar-refractivity contribution in [3.8, 4) is 11.5 Å². The van der Waals surface area contributed by atoms with E-state index in [1.165, 1.54) is 43.5 Å². The van der Waals surface area contributed by atoms with E-state index in [-0.39, 0.29) is 29.3 Å². The number of hydrogen-bond acceptors (Lipinski definition) is 5. The third-order valence-electron chi connectivity index (χ3n) is 3.55. The number of carbonyl (C=O) groups excluding carboxylic acids is 1. The Hall–Kier alpha value is -3.23. The summed E-state index contributed by atoms with van der Waals surface area (Å²) >= 11 is 0. The second-order valence-electron chi connectivity index (χ2n) is 5.30. The Balaban J connectivity index is 2.07. The summed E-state index contributed by atoms with van der Waals surface area (Å²) in [5.74, 6) is -0.415. The Kier molecular flexibility index (Phi) is 6.05. The summed E-state index contributed by atoms with van der Waals surface area (Å²) in [6, 6.07) is 8.36. The number of carbonyl (C=O) groups is 1. The highest BCUT2D eigenvalue weighted by Crippen LogP contribution is 2.29. The molecule has 0 aromatic heterocycles. The molecule has 0 fully saturated rings.